The van der Waals surface area contributed by atoms with Crippen LogP contribution in [0.25, 0.3) is 0 Å². The van der Waals surface area contributed by atoms with E-state index in [2.05, 4.69) is 52.4 Å². The molecule has 1 unspecified atom stereocenters. The first-order chi connectivity index (χ1) is 10.2. The molecule has 0 amide bonds. The highest BCUT2D eigenvalue weighted by Crippen LogP contribution is 2.22. The molecule has 2 aromatic carbocycles. The highest BCUT2D eigenvalue weighted by molar-refractivity contribution is 9.10. The molecule has 1 atom stereocenters. The Morgan fingerprint density at radius 3 is 2.62 bits per heavy atom. The van der Waals surface area contributed by atoms with Crippen LogP contribution in [0.5, 0.6) is 0 Å². The SMILES string of the molecule is CCNC(CSc1ccc(Br)cc1)Cc1cccc(F)c1. The first-order valence-corrected chi connectivity index (χ1v) is 8.81. The van der Waals surface area contributed by atoms with Gasteiger partial charge in [-0.05, 0) is 54.9 Å². The minimum Gasteiger partial charge on any atom is -0.313 e. The fraction of sp³-hybridized carbons (Fsp3) is 0.294. The maximum absolute atomic E-state index is 13.3. The van der Waals surface area contributed by atoms with Crippen molar-refractivity contribution in [3.05, 3.63) is 64.4 Å². The minimum absolute atomic E-state index is 0.164. The Labute approximate surface area is 138 Å². The van der Waals surface area contributed by atoms with E-state index in [1.165, 1.54) is 11.0 Å². The first kappa shape index (κ1) is 16.5. The summed E-state index contributed by atoms with van der Waals surface area (Å²) < 4.78 is 14.4. The molecule has 0 fully saturated rings. The minimum atomic E-state index is -0.164. The quantitative estimate of drug-likeness (QED) is 0.698. The van der Waals surface area contributed by atoms with E-state index in [9.17, 15) is 4.39 Å². The van der Waals surface area contributed by atoms with Crippen LogP contribution in [0.3, 0.4) is 0 Å². The standard InChI is InChI=1S/C17H19BrFNS/c1-2-20-16(11-13-4-3-5-15(19)10-13)12-21-17-8-6-14(18)7-9-17/h3-10,16,20H,2,11-12H2,1H3. The second-order valence-corrected chi connectivity index (χ2v) is 6.86. The molecule has 0 aromatic heterocycles. The van der Waals surface area contributed by atoms with Crippen LogP contribution in [0.1, 0.15) is 12.5 Å². The lowest BCUT2D eigenvalue weighted by Gasteiger charge is -2.17. The molecule has 0 saturated heterocycles. The third-order valence-corrected chi connectivity index (χ3v) is 4.83. The molecule has 2 rings (SSSR count). The van der Waals surface area contributed by atoms with E-state index in [4.69, 9.17) is 0 Å². The summed E-state index contributed by atoms with van der Waals surface area (Å²) in [6.07, 6.45) is 0.842. The molecule has 0 heterocycles. The van der Waals surface area contributed by atoms with Crippen LogP contribution in [-0.2, 0) is 6.42 Å². The highest BCUT2D eigenvalue weighted by atomic mass is 79.9. The molecule has 0 aliphatic rings. The number of thioether (sulfide) groups is 1. The fourth-order valence-corrected chi connectivity index (χ4v) is 3.38. The summed E-state index contributed by atoms with van der Waals surface area (Å²) in [5.41, 5.74) is 1.04. The van der Waals surface area contributed by atoms with Crippen LogP contribution < -0.4 is 5.32 Å². The van der Waals surface area contributed by atoms with E-state index in [0.717, 1.165) is 28.8 Å². The summed E-state index contributed by atoms with van der Waals surface area (Å²) in [5.74, 6) is 0.801. The van der Waals surface area contributed by atoms with Crippen molar-refractivity contribution in [3.8, 4) is 0 Å². The van der Waals surface area contributed by atoms with Gasteiger partial charge in [-0.25, -0.2) is 4.39 Å². The molecule has 0 saturated carbocycles. The Kier molecular flexibility index (Phi) is 6.74. The van der Waals surface area contributed by atoms with Crippen LogP contribution in [-0.4, -0.2) is 18.3 Å². The number of likely N-dealkylation sites (N-methyl/N-ethyl adjacent to an activating group) is 1. The van der Waals surface area contributed by atoms with Gasteiger partial charge in [0.15, 0.2) is 0 Å². The number of nitrogens with one attached hydrogen (secondary N) is 1. The average Bonchev–Trinajstić information content (AvgIpc) is 2.47. The van der Waals surface area contributed by atoms with Gasteiger partial charge in [-0.3, -0.25) is 0 Å². The molecule has 112 valence electrons. The number of hydrogen-bond acceptors (Lipinski definition) is 2. The molecular formula is C17H19BrFNS. The van der Waals surface area contributed by atoms with Gasteiger partial charge in [0.2, 0.25) is 0 Å². The number of benzene rings is 2. The molecule has 21 heavy (non-hydrogen) atoms. The van der Waals surface area contributed by atoms with Crippen molar-refractivity contribution in [1.82, 2.24) is 5.32 Å². The Bertz CT molecular complexity index is 559. The molecular weight excluding hydrogens is 349 g/mol. The molecule has 0 aliphatic heterocycles. The van der Waals surface area contributed by atoms with Crippen molar-refractivity contribution < 1.29 is 4.39 Å². The average molecular weight is 368 g/mol. The maximum atomic E-state index is 13.3. The van der Waals surface area contributed by atoms with Gasteiger partial charge >= 0.3 is 0 Å². The van der Waals surface area contributed by atoms with Crippen LogP contribution >= 0.6 is 27.7 Å². The third-order valence-electron chi connectivity index (χ3n) is 3.13. The van der Waals surface area contributed by atoms with Crippen molar-refractivity contribution in [2.75, 3.05) is 12.3 Å². The zero-order valence-electron chi connectivity index (χ0n) is 12.0. The molecule has 1 nitrogen and oxygen atoms in total. The lowest BCUT2D eigenvalue weighted by molar-refractivity contribution is 0.568. The van der Waals surface area contributed by atoms with Crippen molar-refractivity contribution in [2.24, 2.45) is 0 Å². The summed E-state index contributed by atoms with van der Waals surface area (Å²) in [6.45, 7) is 3.02. The van der Waals surface area contributed by atoms with Crippen molar-refractivity contribution >= 4 is 27.7 Å². The van der Waals surface area contributed by atoms with Crippen LogP contribution in [0.15, 0.2) is 57.9 Å². The number of rotatable bonds is 7. The van der Waals surface area contributed by atoms with Crippen LogP contribution in [0.2, 0.25) is 0 Å². The molecule has 1 N–H and O–H groups in total. The topological polar surface area (TPSA) is 12.0 Å². The van der Waals surface area contributed by atoms with Gasteiger partial charge in [0.1, 0.15) is 5.82 Å². The Balaban J connectivity index is 1.93. The van der Waals surface area contributed by atoms with Crippen molar-refractivity contribution in [3.63, 3.8) is 0 Å². The summed E-state index contributed by atoms with van der Waals surface area (Å²) in [7, 11) is 0. The number of hydrogen-bond donors (Lipinski definition) is 1. The van der Waals surface area contributed by atoms with Crippen LogP contribution in [0.4, 0.5) is 4.39 Å². The van der Waals surface area contributed by atoms with Gasteiger partial charge in [-0.1, -0.05) is 35.0 Å². The second-order valence-electron chi connectivity index (χ2n) is 4.85. The lowest BCUT2D eigenvalue weighted by atomic mass is 10.1. The van der Waals surface area contributed by atoms with Crippen molar-refractivity contribution in [2.45, 2.75) is 24.3 Å². The second kappa shape index (κ2) is 8.57. The Morgan fingerprint density at radius 1 is 1.19 bits per heavy atom. The van der Waals surface area contributed by atoms with Gasteiger partial charge in [-0.2, -0.15) is 0 Å². The summed E-state index contributed by atoms with van der Waals surface area (Å²) in [6, 6.07) is 15.5. The molecule has 0 bridgehead atoms. The summed E-state index contributed by atoms with van der Waals surface area (Å²) in [5, 5.41) is 3.48. The Morgan fingerprint density at radius 2 is 1.95 bits per heavy atom. The van der Waals surface area contributed by atoms with Crippen LogP contribution in [0, 0.1) is 5.82 Å². The lowest BCUT2D eigenvalue weighted by Crippen LogP contribution is -2.33. The van der Waals surface area contributed by atoms with E-state index in [1.807, 2.05) is 17.8 Å². The van der Waals surface area contributed by atoms with Crippen molar-refractivity contribution in [1.29, 1.82) is 0 Å². The zero-order chi connectivity index (χ0) is 15.1. The largest absolute Gasteiger partial charge is 0.313 e. The van der Waals surface area contributed by atoms with Gasteiger partial charge in [0, 0.05) is 21.2 Å². The monoisotopic (exact) mass is 367 g/mol. The van der Waals surface area contributed by atoms with E-state index >= 15 is 0 Å². The highest BCUT2D eigenvalue weighted by Gasteiger charge is 2.10. The molecule has 0 radical (unpaired) electrons. The fourth-order valence-electron chi connectivity index (χ4n) is 2.15. The normalized spacial score (nSPS) is 12.3. The van der Waals surface area contributed by atoms with Gasteiger partial charge in [-0.15, -0.1) is 11.8 Å². The molecule has 2 aromatic rings. The smallest absolute Gasteiger partial charge is 0.123 e. The van der Waals surface area contributed by atoms with Gasteiger partial charge in [0.05, 0.1) is 0 Å². The predicted molar refractivity (Wildman–Crippen MR) is 92.4 cm³/mol. The molecule has 4 heteroatoms. The zero-order valence-corrected chi connectivity index (χ0v) is 14.4. The predicted octanol–water partition coefficient (Wildman–Crippen LogP) is 4.90. The Hall–Kier alpha value is -0.840. The first-order valence-electron chi connectivity index (χ1n) is 7.03. The number of halogens is 2. The third kappa shape index (κ3) is 5.81. The summed E-state index contributed by atoms with van der Waals surface area (Å²) in [4.78, 5) is 1.25. The molecule has 0 spiro atoms. The molecule has 0 aliphatic carbocycles. The van der Waals surface area contributed by atoms with E-state index in [-0.39, 0.29) is 5.82 Å². The van der Waals surface area contributed by atoms with E-state index in [1.54, 1.807) is 12.1 Å². The van der Waals surface area contributed by atoms with E-state index < -0.39 is 0 Å². The van der Waals surface area contributed by atoms with E-state index in [0.29, 0.717) is 6.04 Å². The maximum Gasteiger partial charge on any atom is 0.123 e. The van der Waals surface area contributed by atoms with Gasteiger partial charge in [0.25, 0.3) is 0 Å². The van der Waals surface area contributed by atoms with Gasteiger partial charge < -0.3 is 5.32 Å². The summed E-state index contributed by atoms with van der Waals surface area (Å²) >= 11 is 5.27.